The Balaban J connectivity index is 2.29. The molecule has 2 rings (SSSR count). The minimum absolute atomic E-state index is 0.0488. The number of piperidine rings is 1. The predicted octanol–water partition coefficient (Wildman–Crippen LogP) is 1.34. The van der Waals surface area contributed by atoms with Crippen molar-refractivity contribution in [2.24, 2.45) is 0 Å². The highest BCUT2D eigenvalue weighted by Gasteiger charge is 2.31. The number of nitrogens with one attached hydrogen (secondary N) is 1. The van der Waals surface area contributed by atoms with Crippen molar-refractivity contribution in [1.29, 1.82) is 0 Å². The van der Waals surface area contributed by atoms with Gasteiger partial charge < -0.3 is 10.1 Å². The summed E-state index contributed by atoms with van der Waals surface area (Å²) in [5.41, 5.74) is 0.577. The molecule has 118 valence electrons. The topological polar surface area (TPSA) is 58.6 Å². The second-order valence-electron chi connectivity index (χ2n) is 5.12. The lowest BCUT2D eigenvalue weighted by Gasteiger charge is -2.31. The molecule has 1 aliphatic rings. The first kappa shape index (κ1) is 16.4. The fraction of sp³-hybridized carbons (Fsp3) is 0.571. The highest BCUT2D eigenvalue weighted by atomic mass is 32.2. The van der Waals surface area contributed by atoms with Crippen molar-refractivity contribution in [2.45, 2.75) is 30.4 Å². The Morgan fingerprint density at radius 2 is 2.05 bits per heavy atom. The summed E-state index contributed by atoms with van der Waals surface area (Å²) in [6.07, 6.45) is 1.42. The van der Waals surface area contributed by atoms with Gasteiger partial charge in [-0.3, -0.25) is 0 Å². The molecule has 0 saturated carbocycles. The van der Waals surface area contributed by atoms with Crippen LogP contribution in [0.5, 0.6) is 0 Å². The Hall–Kier alpha value is -1.02. The normalized spacial score (nSPS) is 18.0. The third-order valence-electron chi connectivity index (χ3n) is 3.75. The lowest BCUT2D eigenvalue weighted by Crippen LogP contribution is -2.41. The predicted molar refractivity (Wildman–Crippen MR) is 78.0 cm³/mol. The molecule has 7 heteroatoms. The molecule has 1 fully saturated rings. The second-order valence-corrected chi connectivity index (χ2v) is 7.03. The third kappa shape index (κ3) is 3.60. The van der Waals surface area contributed by atoms with Crippen molar-refractivity contribution in [3.8, 4) is 0 Å². The number of hydrogen-bond acceptors (Lipinski definition) is 4. The zero-order valence-corrected chi connectivity index (χ0v) is 13.1. The quantitative estimate of drug-likeness (QED) is 0.891. The van der Waals surface area contributed by atoms with Crippen LogP contribution in [0.25, 0.3) is 0 Å². The maximum atomic E-state index is 13.5. The molecule has 1 saturated heterocycles. The van der Waals surface area contributed by atoms with Gasteiger partial charge in [0.25, 0.3) is 0 Å². The standard InChI is InChI=1S/C14H21FN2O3S/c1-16-10-11-3-4-12(15)9-14(11)21(18,19)17-7-5-13(20-2)6-8-17/h3-4,9,13,16H,5-8,10H2,1-2H3. The summed E-state index contributed by atoms with van der Waals surface area (Å²) in [7, 11) is -0.314. The Kier molecular flexibility index (Phi) is 5.32. The van der Waals surface area contributed by atoms with Crippen molar-refractivity contribution in [2.75, 3.05) is 27.2 Å². The molecule has 0 aromatic heterocycles. The fourth-order valence-corrected chi connectivity index (χ4v) is 4.26. The van der Waals surface area contributed by atoms with Gasteiger partial charge in [-0.25, -0.2) is 12.8 Å². The number of halogens is 1. The second kappa shape index (κ2) is 6.83. The number of nitrogens with zero attached hydrogens (tertiary/aromatic N) is 1. The molecule has 0 radical (unpaired) electrons. The molecule has 1 heterocycles. The Bertz CT molecular complexity index is 584. The number of hydrogen-bond donors (Lipinski definition) is 1. The van der Waals surface area contributed by atoms with Crippen LogP contribution < -0.4 is 5.32 Å². The van der Waals surface area contributed by atoms with Gasteiger partial charge in [-0.15, -0.1) is 0 Å². The van der Waals surface area contributed by atoms with Crippen LogP contribution in [0.1, 0.15) is 18.4 Å². The van der Waals surface area contributed by atoms with Gasteiger partial charge >= 0.3 is 0 Å². The van der Waals surface area contributed by atoms with Gasteiger partial charge in [0.15, 0.2) is 0 Å². The fourth-order valence-electron chi connectivity index (χ4n) is 2.55. The van der Waals surface area contributed by atoms with Crippen molar-refractivity contribution in [3.63, 3.8) is 0 Å². The first-order chi connectivity index (χ1) is 9.98. The van der Waals surface area contributed by atoms with E-state index in [-0.39, 0.29) is 11.0 Å². The maximum Gasteiger partial charge on any atom is 0.243 e. The average Bonchev–Trinajstić information content (AvgIpc) is 2.49. The van der Waals surface area contributed by atoms with Crippen molar-refractivity contribution in [1.82, 2.24) is 9.62 Å². The van der Waals surface area contributed by atoms with E-state index in [2.05, 4.69) is 5.32 Å². The molecular formula is C14H21FN2O3S. The smallest absolute Gasteiger partial charge is 0.243 e. The molecule has 0 amide bonds. The van der Waals surface area contributed by atoms with Gasteiger partial charge in [-0.2, -0.15) is 4.31 Å². The molecule has 1 aromatic carbocycles. The summed E-state index contributed by atoms with van der Waals surface area (Å²) in [5, 5.41) is 2.91. The van der Waals surface area contributed by atoms with E-state index in [1.807, 2.05) is 0 Å². The highest BCUT2D eigenvalue weighted by Crippen LogP contribution is 2.25. The number of sulfonamides is 1. The third-order valence-corrected chi connectivity index (χ3v) is 5.73. The summed E-state index contributed by atoms with van der Waals surface area (Å²) >= 11 is 0. The number of ether oxygens (including phenoxy) is 1. The van der Waals surface area contributed by atoms with Crippen LogP contribution in [0.3, 0.4) is 0 Å². The van der Waals surface area contributed by atoms with E-state index in [1.54, 1.807) is 14.2 Å². The molecule has 5 nitrogen and oxygen atoms in total. The van der Waals surface area contributed by atoms with E-state index in [4.69, 9.17) is 4.74 Å². The van der Waals surface area contributed by atoms with Crippen LogP contribution in [-0.4, -0.2) is 46.1 Å². The van der Waals surface area contributed by atoms with E-state index in [9.17, 15) is 12.8 Å². The monoisotopic (exact) mass is 316 g/mol. The zero-order valence-electron chi connectivity index (χ0n) is 12.3. The van der Waals surface area contributed by atoms with Crippen molar-refractivity contribution in [3.05, 3.63) is 29.6 Å². The van der Waals surface area contributed by atoms with Gasteiger partial charge in [-0.1, -0.05) is 6.07 Å². The molecule has 1 aliphatic heterocycles. The molecule has 0 atom stereocenters. The van der Waals surface area contributed by atoms with Gasteiger partial charge in [0.2, 0.25) is 10.0 Å². The van der Waals surface area contributed by atoms with Crippen LogP contribution in [0.2, 0.25) is 0 Å². The Labute approximate surface area is 125 Å². The van der Waals surface area contributed by atoms with E-state index >= 15 is 0 Å². The summed E-state index contributed by atoms with van der Waals surface area (Å²) in [6, 6.07) is 3.90. The Morgan fingerprint density at radius 3 is 2.62 bits per heavy atom. The van der Waals surface area contributed by atoms with Crippen molar-refractivity contribution < 1.29 is 17.5 Å². The molecule has 0 aliphatic carbocycles. The lowest BCUT2D eigenvalue weighted by molar-refractivity contribution is 0.0604. The molecule has 0 bridgehead atoms. The molecule has 0 spiro atoms. The van der Waals surface area contributed by atoms with Crippen LogP contribution >= 0.6 is 0 Å². The lowest BCUT2D eigenvalue weighted by atomic mass is 10.1. The molecular weight excluding hydrogens is 295 g/mol. The van der Waals surface area contributed by atoms with Gasteiger partial charge in [0, 0.05) is 26.7 Å². The number of benzene rings is 1. The summed E-state index contributed by atoms with van der Waals surface area (Å²) in [5.74, 6) is -0.541. The van der Waals surface area contributed by atoms with Gasteiger partial charge in [0.05, 0.1) is 11.0 Å². The number of methoxy groups -OCH3 is 1. The van der Waals surface area contributed by atoms with E-state index < -0.39 is 15.8 Å². The molecule has 1 N–H and O–H groups in total. The van der Waals surface area contributed by atoms with E-state index in [0.29, 0.717) is 38.0 Å². The maximum absolute atomic E-state index is 13.5. The largest absolute Gasteiger partial charge is 0.381 e. The van der Waals surface area contributed by atoms with Crippen LogP contribution in [0, 0.1) is 5.82 Å². The van der Waals surface area contributed by atoms with Crippen LogP contribution in [-0.2, 0) is 21.3 Å². The summed E-state index contributed by atoms with van der Waals surface area (Å²) in [6.45, 7) is 1.18. The first-order valence-electron chi connectivity index (χ1n) is 6.95. The van der Waals surface area contributed by atoms with Crippen LogP contribution in [0.15, 0.2) is 23.1 Å². The molecule has 1 aromatic rings. The summed E-state index contributed by atoms with van der Waals surface area (Å²) < 4.78 is 45.6. The first-order valence-corrected chi connectivity index (χ1v) is 8.39. The average molecular weight is 316 g/mol. The minimum atomic E-state index is -3.67. The van der Waals surface area contributed by atoms with E-state index in [1.165, 1.54) is 16.4 Å². The van der Waals surface area contributed by atoms with Crippen LogP contribution in [0.4, 0.5) is 4.39 Å². The van der Waals surface area contributed by atoms with Gasteiger partial charge in [-0.05, 0) is 37.6 Å². The molecule has 0 unspecified atom stereocenters. The molecule has 21 heavy (non-hydrogen) atoms. The van der Waals surface area contributed by atoms with Crippen molar-refractivity contribution >= 4 is 10.0 Å². The summed E-state index contributed by atoms with van der Waals surface area (Å²) in [4.78, 5) is 0.0488. The van der Waals surface area contributed by atoms with Gasteiger partial charge in [0.1, 0.15) is 5.82 Å². The Morgan fingerprint density at radius 1 is 1.38 bits per heavy atom. The number of rotatable bonds is 5. The SMILES string of the molecule is CNCc1ccc(F)cc1S(=O)(=O)N1CCC(OC)CC1. The minimum Gasteiger partial charge on any atom is -0.381 e. The highest BCUT2D eigenvalue weighted by molar-refractivity contribution is 7.89. The van der Waals surface area contributed by atoms with E-state index in [0.717, 1.165) is 6.07 Å². The zero-order chi connectivity index (χ0) is 15.5.